The molecule has 2 fully saturated rings. The number of allylic oxidation sites excluding steroid dienone is 1. The fourth-order valence-electron chi connectivity index (χ4n) is 6.42. The summed E-state index contributed by atoms with van der Waals surface area (Å²) < 4.78 is 13.5. The molecule has 1 aromatic heterocycles. The van der Waals surface area contributed by atoms with E-state index in [9.17, 15) is 14.0 Å². The van der Waals surface area contributed by atoms with Gasteiger partial charge in [0.1, 0.15) is 11.4 Å². The minimum atomic E-state index is -1.14. The number of nitrogens with two attached hydrogens (primary N) is 2. The van der Waals surface area contributed by atoms with Crippen molar-refractivity contribution in [1.29, 1.82) is 0 Å². The smallest absolute Gasteiger partial charge is 0.245 e. The number of anilines is 2. The largest absolute Gasteiger partial charge is 0.404 e. The molecule has 11 nitrogen and oxygen atoms in total. The van der Waals surface area contributed by atoms with Crippen LogP contribution >= 0.6 is 0 Å². The second-order valence-corrected chi connectivity index (χ2v) is 13.0. The number of hydrogen-bond acceptors (Lipinski definition) is 8. The van der Waals surface area contributed by atoms with E-state index in [0.717, 1.165) is 33.3 Å². The first kappa shape index (κ1) is 33.6. The molecule has 3 heterocycles. The quantitative estimate of drug-likeness (QED) is 0.195. The summed E-state index contributed by atoms with van der Waals surface area (Å²) in [6.07, 6.45) is 3.62. The van der Waals surface area contributed by atoms with Crippen molar-refractivity contribution in [2.45, 2.75) is 31.8 Å². The first-order valence-electron chi connectivity index (χ1n) is 16.4. The minimum absolute atomic E-state index is 0.0118. The zero-order chi connectivity index (χ0) is 34.7. The lowest BCUT2D eigenvalue weighted by molar-refractivity contribution is -0.134. The number of aromatic nitrogens is 2. The minimum Gasteiger partial charge on any atom is -0.404 e. The molecule has 0 bridgehead atoms. The Hall–Kier alpha value is -5.33. The summed E-state index contributed by atoms with van der Waals surface area (Å²) in [7, 11) is 0. The van der Waals surface area contributed by atoms with Gasteiger partial charge in [0.25, 0.3) is 0 Å². The van der Waals surface area contributed by atoms with Gasteiger partial charge in [-0.25, -0.2) is 4.39 Å². The molecule has 1 unspecified atom stereocenters. The van der Waals surface area contributed by atoms with Crippen LogP contribution in [0.4, 0.5) is 15.8 Å². The molecule has 2 aliphatic rings. The van der Waals surface area contributed by atoms with Crippen molar-refractivity contribution in [2.75, 3.05) is 49.5 Å². The number of rotatable bonds is 9. The number of fused-ring (bicyclic) bond motifs is 1. The molecule has 6 rings (SSSR count). The Balaban J connectivity index is 1.02. The van der Waals surface area contributed by atoms with E-state index in [1.54, 1.807) is 24.4 Å². The Labute approximate surface area is 285 Å². The highest BCUT2D eigenvalue weighted by Gasteiger charge is 2.42. The number of carbonyl (C=O) groups is 2. The van der Waals surface area contributed by atoms with Gasteiger partial charge >= 0.3 is 0 Å². The molecule has 0 aliphatic carbocycles. The van der Waals surface area contributed by atoms with E-state index in [2.05, 4.69) is 51.0 Å². The molecule has 12 heteroatoms. The molecule has 2 atom stereocenters. The number of H-pyrrole nitrogens is 1. The molecular weight excluding hydrogens is 621 g/mol. The third-order valence-electron chi connectivity index (χ3n) is 9.33. The zero-order valence-corrected chi connectivity index (χ0v) is 27.8. The number of aliphatic imine (C=N–C) groups is 1. The van der Waals surface area contributed by atoms with Gasteiger partial charge < -0.3 is 26.6 Å². The summed E-state index contributed by atoms with van der Waals surface area (Å²) in [5.41, 5.74) is 17.3. The SMILES string of the molecule is C=C(/N=C\C(C)=C/N)c1ccc(N2CCN(C(=O)CN3CCC(N)(C(=O)Nc4ccc5[nH]nc(-c6ccc(F)cc6)c5c4)C3)[C@H](C)C2)cc1. The highest BCUT2D eigenvalue weighted by atomic mass is 19.1. The second-order valence-electron chi connectivity index (χ2n) is 13.0. The van der Waals surface area contributed by atoms with Gasteiger partial charge in [0.15, 0.2) is 0 Å². The van der Waals surface area contributed by atoms with Gasteiger partial charge in [0, 0.05) is 67.3 Å². The first-order valence-corrected chi connectivity index (χ1v) is 16.4. The van der Waals surface area contributed by atoms with E-state index in [4.69, 9.17) is 11.5 Å². The van der Waals surface area contributed by atoms with Crippen LogP contribution in [0.1, 0.15) is 25.8 Å². The van der Waals surface area contributed by atoms with E-state index in [0.29, 0.717) is 49.7 Å². The number of aromatic amines is 1. The standard InChI is InChI=1S/C37H42FN9O2/c1-24(19-39)20-41-26(3)27-6-11-31(12-7-27)46-16-17-47(25(2)21-46)34(48)22-45-15-14-37(40,23-45)36(49)42-30-10-13-33-32(18-30)35(44-43-33)28-4-8-29(38)9-5-28/h4-13,18-20,25H,3,14-17,21-23,39-40H2,1-2H3,(H,42,49)(H,43,44)/b24-19-,41-20-/t25-,37?/m1/s1. The van der Waals surface area contributed by atoms with E-state index in [-0.39, 0.29) is 36.8 Å². The lowest BCUT2D eigenvalue weighted by Crippen LogP contribution is -2.57. The molecule has 0 spiro atoms. The number of amides is 2. The van der Waals surface area contributed by atoms with E-state index >= 15 is 0 Å². The van der Waals surface area contributed by atoms with Gasteiger partial charge in [0.05, 0.1) is 23.5 Å². The average Bonchev–Trinajstić information content (AvgIpc) is 3.70. The number of likely N-dealkylation sites (tertiary alicyclic amines) is 1. The van der Waals surface area contributed by atoms with Crippen LogP contribution in [-0.2, 0) is 9.59 Å². The monoisotopic (exact) mass is 663 g/mol. The van der Waals surface area contributed by atoms with Gasteiger partial charge in [-0.1, -0.05) is 18.7 Å². The van der Waals surface area contributed by atoms with Crippen molar-refractivity contribution in [3.8, 4) is 11.3 Å². The summed E-state index contributed by atoms with van der Waals surface area (Å²) in [6, 6.07) is 19.7. The summed E-state index contributed by atoms with van der Waals surface area (Å²) in [6.45, 7) is 11.0. The Morgan fingerprint density at radius 1 is 1.12 bits per heavy atom. The average molecular weight is 664 g/mol. The molecule has 2 aliphatic heterocycles. The van der Waals surface area contributed by atoms with Crippen LogP contribution in [-0.4, -0.2) is 88.9 Å². The van der Waals surface area contributed by atoms with Gasteiger partial charge in [-0.3, -0.25) is 24.6 Å². The lowest BCUT2D eigenvalue weighted by Gasteiger charge is -2.41. The van der Waals surface area contributed by atoms with Gasteiger partial charge in [-0.05, 0) is 92.2 Å². The van der Waals surface area contributed by atoms with Crippen LogP contribution in [0, 0.1) is 5.82 Å². The topological polar surface area (TPSA) is 149 Å². The number of piperazine rings is 1. The summed E-state index contributed by atoms with van der Waals surface area (Å²) >= 11 is 0. The zero-order valence-electron chi connectivity index (χ0n) is 27.8. The Morgan fingerprint density at radius 2 is 1.88 bits per heavy atom. The summed E-state index contributed by atoms with van der Waals surface area (Å²) in [5.74, 6) is -0.602. The number of benzene rings is 3. The summed E-state index contributed by atoms with van der Waals surface area (Å²) in [4.78, 5) is 37.4. The third kappa shape index (κ3) is 7.40. The van der Waals surface area contributed by atoms with Crippen LogP contribution in [0.5, 0.6) is 0 Å². The number of halogens is 1. The molecule has 0 saturated carbocycles. The first-order chi connectivity index (χ1) is 23.5. The maximum atomic E-state index is 13.5. The maximum Gasteiger partial charge on any atom is 0.245 e. The predicted octanol–water partition coefficient (Wildman–Crippen LogP) is 4.35. The number of nitrogens with zero attached hydrogens (tertiary/aromatic N) is 5. The van der Waals surface area contributed by atoms with Gasteiger partial charge in [-0.15, -0.1) is 0 Å². The third-order valence-corrected chi connectivity index (χ3v) is 9.33. The van der Waals surface area contributed by atoms with Crippen LogP contribution in [0.2, 0.25) is 0 Å². The highest BCUT2D eigenvalue weighted by Crippen LogP contribution is 2.30. The Kier molecular flexibility index (Phi) is 9.61. The van der Waals surface area contributed by atoms with Crippen molar-refractivity contribution in [3.05, 3.63) is 96.5 Å². The van der Waals surface area contributed by atoms with Crippen molar-refractivity contribution in [1.82, 2.24) is 20.0 Å². The normalized spacial score (nSPS) is 20.3. The lowest BCUT2D eigenvalue weighted by atomic mass is 9.98. The number of nitrogens with one attached hydrogen (secondary N) is 2. The molecule has 4 aromatic rings. The molecule has 49 heavy (non-hydrogen) atoms. The molecular formula is C37H42FN9O2. The number of carbonyl (C=O) groups excluding carboxylic acids is 2. The highest BCUT2D eigenvalue weighted by molar-refractivity contribution is 6.02. The van der Waals surface area contributed by atoms with Crippen LogP contribution in [0.25, 0.3) is 27.9 Å². The van der Waals surface area contributed by atoms with Crippen molar-refractivity contribution >= 4 is 46.0 Å². The summed E-state index contributed by atoms with van der Waals surface area (Å²) in [5, 5.41) is 11.1. The van der Waals surface area contributed by atoms with Crippen LogP contribution < -0.4 is 21.7 Å². The maximum absolute atomic E-state index is 13.5. The van der Waals surface area contributed by atoms with Crippen molar-refractivity contribution in [2.24, 2.45) is 16.5 Å². The second kappa shape index (κ2) is 14.0. The van der Waals surface area contributed by atoms with Crippen molar-refractivity contribution < 1.29 is 14.0 Å². The molecule has 2 amide bonds. The molecule has 2 saturated heterocycles. The van der Waals surface area contributed by atoms with Crippen LogP contribution in [0.3, 0.4) is 0 Å². The molecule has 254 valence electrons. The number of hydrogen-bond donors (Lipinski definition) is 4. The Bertz CT molecular complexity index is 1920. The van der Waals surface area contributed by atoms with Crippen molar-refractivity contribution in [3.63, 3.8) is 0 Å². The van der Waals surface area contributed by atoms with Gasteiger partial charge in [0.2, 0.25) is 11.8 Å². The molecule has 3 aromatic carbocycles. The van der Waals surface area contributed by atoms with E-state index in [1.807, 2.05) is 41.0 Å². The van der Waals surface area contributed by atoms with Crippen LogP contribution in [0.15, 0.2) is 90.1 Å². The molecule has 6 N–H and O–H groups in total. The molecule has 0 radical (unpaired) electrons. The fourth-order valence-corrected chi connectivity index (χ4v) is 6.42. The van der Waals surface area contributed by atoms with E-state index < -0.39 is 5.54 Å². The van der Waals surface area contributed by atoms with E-state index in [1.165, 1.54) is 18.3 Å². The van der Waals surface area contributed by atoms with Gasteiger partial charge in [-0.2, -0.15) is 5.10 Å². The fraction of sp³-hybridized carbons (Fsp3) is 0.297. The Morgan fingerprint density at radius 3 is 2.59 bits per heavy atom. The predicted molar refractivity (Wildman–Crippen MR) is 193 cm³/mol.